The lowest BCUT2D eigenvalue weighted by atomic mass is 9.93. The van der Waals surface area contributed by atoms with Crippen molar-refractivity contribution in [3.8, 4) is 0 Å². The minimum Gasteiger partial charge on any atom is -0.511 e. The first-order valence-electron chi connectivity index (χ1n) is 10.5. The smallest absolute Gasteiger partial charge is 0.416 e. The average Bonchev–Trinajstić information content (AvgIpc) is 2.79. The molecule has 0 fully saturated rings. The lowest BCUT2D eigenvalue weighted by Crippen LogP contribution is -2.48. The van der Waals surface area contributed by atoms with Gasteiger partial charge in [0.15, 0.2) is 0 Å². The summed E-state index contributed by atoms with van der Waals surface area (Å²) < 4.78 is 38.7. The number of aliphatic hydroxyl groups is 1. The second kappa shape index (κ2) is 10.4. The highest BCUT2D eigenvalue weighted by molar-refractivity contribution is 6.19. The van der Waals surface area contributed by atoms with Crippen molar-refractivity contribution in [1.29, 1.82) is 0 Å². The molecular weight excluding hydrogens is 453 g/mol. The van der Waals surface area contributed by atoms with Gasteiger partial charge >= 0.3 is 12.1 Å². The van der Waals surface area contributed by atoms with Crippen LogP contribution in [0.4, 0.5) is 13.2 Å². The highest BCUT2D eigenvalue weighted by Gasteiger charge is 2.38. The van der Waals surface area contributed by atoms with Gasteiger partial charge in [0.05, 0.1) is 5.56 Å². The topological polar surface area (TPSA) is 107 Å². The Hall–Kier alpha value is -3.82. The zero-order valence-electron chi connectivity index (χ0n) is 18.0. The molecule has 2 amide bonds. The molecule has 0 aliphatic carbocycles. The van der Waals surface area contributed by atoms with E-state index in [2.05, 4.69) is 5.32 Å². The minimum atomic E-state index is -4.50. The number of halogens is 3. The fourth-order valence-corrected chi connectivity index (χ4v) is 3.77. The summed E-state index contributed by atoms with van der Waals surface area (Å²) in [5.74, 6) is -3.61. The van der Waals surface area contributed by atoms with Gasteiger partial charge in [-0.3, -0.25) is 14.4 Å². The Morgan fingerprint density at radius 1 is 1.03 bits per heavy atom. The van der Waals surface area contributed by atoms with Crippen LogP contribution in [0.15, 0.2) is 65.9 Å². The number of alkyl halides is 3. The van der Waals surface area contributed by atoms with Crippen LogP contribution >= 0.6 is 0 Å². The van der Waals surface area contributed by atoms with Gasteiger partial charge in [-0.2, -0.15) is 13.2 Å². The van der Waals surface area contributed by atoms with E-state index in [4.69, 9.17) is 5.11 Å². The zero-order valence-corrected chi connectivity index (χ0v) is 18.0. The van der Waals surface area contributed by atoms with Crippen molar-refractivity contribution in [2.75, 3.05) is 6.54 Å². The predicted molar refractivity (Wildman–Crippen MR) is 115 cm³/mol. The first-order chi connectivity index (χ1) is 16.1. The van der Waals surface area contributed by atoms with Crippen molar-refractivity contribution in [3.63, 3.8) is 0 Å². The molecule has 0 aromatic heterocycles. The molecule has 1 unspecified atom stereocenters. The summed E-state index contributed by atoms with van der Waals surface area (Å²) in [6.07, 6.45) is -3.54. The van der Waals surface area contributed by atoms with Crippen LogP contribution in [-0.4, -0.2) is 45.5 Å². The number of carbonyl (C=O) groups is 3. The summed E-state index contributed by atoms with van der Waals surface area (Å²) in [7, 11) is 0. The maximum atomic E-state index is 13.2. The van der Waals surface area contributed by atoms with Crippen LogP contribution in [0.1, 0.15) is 29.5 Å². The largest absolute Gasteiger partial charge is 0.511 e. The molecule has 2 aromatic rings. The number of carboxylic acids is 1. The van der Waals surface area contributed by atoms with Crippen LogP contribution in [0.2, 0.25) is 0 Å². The average molecular weight is 476 g/mol. The van der Waals surface area contributed by atoms with E-state index in [9.17, 15) is 32.7 Å². The quantitative estimate of drug-likeness (QED) is 0.506. The number of aryl methyl sites for hydroxylation is 1. The van der Waals surface area contributed by atoms with Crippen molar-refractivity contribution in [2.24, 2.45) is 0 Å². The number of hydrogen-bond donors (Lipinski definition) is 3. The molecule has 0 bridgehead atoms. The van der Waals surface area contributed by atoms with Gasteiger partial charge in [0.25, 0.3) is 11.8 Å². The van der Waals surface area contributed by atoms with Gasteiger partial charge in [0.1, 0.15) is 17.9 Å². The molecule has 0 saturated heterocycles. The van der Waals surface area contributed by atoms with Gasteiger partial charge in [0.2, 0.25) is 0 Å². The summed E-state index contributed by atoms with van der Waals surface area (Å²) in [4.78, 5) is 37.7. The Bertz CT molecular complexity index is 1080. The van der Waals surface area contributed by atoms with Crippen LogP contribution in [0.5, 0.6) is 0 Å². The van der Waals surface area contributed by atoms with E-state index in [1.807, 2.05) is 30.3 Å². The summed E-state index contributed by atoms with van der Waals surface area (Å²) >= 11 is 0. The number of rotatable bonds is 8. The Morgan fingerprint density at radius 2 is 1.68 bits per heavy atom. The SMILES string of the molecule is O=C(O)CNC(=O)C1=C(O)CC(CCc2ccccc2)N(Cc2ccc(C(F)(F)F)cc2)C1=O. The number of benzene rings is 2. The van der Waals surface area contributed by atoms with Crippen molar-refractivity contribution >= 4 is 17.8 Å². The maximum absolute atomic E-state index is 13.2. The van der Waals surface area contributed by atoms with Crippen molar-refractivity contribution in [2.45, 2.75) is 38.0 Å². The van der Waals surface area contributed by atoms with Crippen LogP contribution < -0.4 is 5.32 Å². The number of nitrogens with zero attached hydrogens (tertiary/aromatic N) is 1. The normalized spacial score (nSPS) is 16.5. The number of aliphatic hydroxyl groups excluding tert-OH is 1. The Kier molecular flexibility index (Phi) is 7.60. The zero-order chi connectivity index (χ0) is 24.9. The third kappa shape index (κ3) is 6.15. The third-order valence-corrected chi connectivity index (χ3v) is 5.50. The molecule has 1 atom stereocenters. The molecule has 34 heavy (non-hydrogen) atoms. The van der Waals surface area contributed by atoms with E-state index in [0.717, 1.165) is 17.7 Å². The van der Waals surface area contributed by atoms with Gasteiger partial charge in [-0.1, -0.05) is 42.5 Å². The molecule has 0 spiro atoms. The number of aliphatic carboxylic acids is 1. The fraction of sp³-hybridized carbons (Fsp3) is 0.292. The summed E-state index contributed by atoms with van der Waals surface area (Å²) in [6.45, 7) is -0.821. The molecule has 3 N–H and O–H groups in total. The summed E-state index contributed by atoms with van der Waals surface area (Å²) in [6, 6.07) is 13.2. The lowest BCUT2D eigenvalue weighted by molar-refractivity contribution is -0.139. The summed E-state index contributed by atoms with van der Waals surface area (Å²) in [5.41, 5.74) is 0.0212. The van der Waals surface area contributed by atoms with E-state index in [1.54, 1.807) is 0 Å². The minimum absolute atomic E-state index is 0.0466. The standard InChI is InChI=1S/C24H23F3N2O5/c25-24(26,27)17-9-6-16(7-10-17)14-29-18(11-8-15-4-2-1-3-5-15)12-19(30)21(23(29)34)22(33)28-13-20(31)32/h1-7,9-10,18,30H,8,11-14H2,(H,28,33)(H,31,32). The van der Waals surface area contributed by atoms with E-state index in [0.29, 0.717) is 18.4 Å². The maximum Gasteiger partial charge on any atom is 0.416 e. The number of amides is 2. The molecule has 0 saturated carbocycles. The second-order valence-electron chi connectivity index (χ2n) is 7.91. The molecule has 1 aliphatic rings. The van der Waals surface area contributed by atoms with Crippen LogP contribution in [0.3, 0.4) is 0 Å². The van der Waals surface area contributed by atoms with E-state index < -0.39 is 53.4 Å². The van der Waals surface area contributed by atoms with Gasteiger partial charge in [-0.15, -0.1) is 0 Å². The second-order valence-corrected chi connectivity index (χ2v) is 7.91. The first kappa shape index (κ1) is 24.8. The first-order valence-corrected chi connectivity index (χ1v) is 10.5. The molecule has 3 rings (SSSR count). The molecule has 1 aliphatic heterocycles. The highest BCUT2D eigenvalue weighted by atomic mass is 19.4. The highest BCUT2D eigenvalue weighted by Crippen LogP contribution is 2.31. The molecule has 7 nitrogen and oxygen atoms in total. The molecule has 10 heteroatoms. The predicted octanol–water partition coefficient (Wildman–Crippen LogP) is 3.45. The number of carboxylic acid groups (broad SMARTS) is 1. The molecule has 180 valence electrons. The van der Waals surface area contributed by atoms with Gasteiger partial charge in [0, 0.05) is 19.0 Å². The van der Waals surface area contributed by atoms with Crippen molar-refractivity contribution in [3.05, 3.63) is 82.6 Å². The van der Waals surface area contributed by atoms with E-state index in [-0.39, 0.29) is 13.0 Å². The summed E-state index contributed by atoms with van der Waals surface area (Å²) in [5, 5.41) is 21.3. The van der Waals surface area contributed by atoms with Gasteiger partial charge in [-0.25, -0.2) is 0 Å². The Labute approximate surface area is 193 Å². The van der Waals surface area contributed by atoms with Crippen molar-refractivity contribution < 1.29 is 37.8 Å². The molecule has 2 aromatic carbocycles. The number of hydrogen-bond acceptors (Lipinski definition) is 4. The van der Waals surface area contributed by atoms with Crippen molar-refractivity contribution in [1.82, 2.24) is 10.2 Å². The van der Waals surface area contributed by atoms with Crippen LogP contribution in [-0.2, 0) is 33.5 Å². The molecular formula is C24H23F3N2O5. The number of carbonyl (C=O) groups excluding carboxylic acids is 2. The van der Waals surface area contributed by atoms with Gasteiger partial charge < -0.3 is 20.4 Å². The Balaban J connectivity index is 1.85. The molecule has 0 radical (unpaired) electrons. The third-order valence-electron chi connectivity index (χ3n) is 5.50. The Morgan fingerprint density at radius 3 is 2.26 bits per heavy atom. The van der Waals surface area contributed by atoms with E-state index in [1.165, 1.54) is 17.0 Å². The number of nitrogens with one attached hydrogen (secondary N) is 1. The van der Waals surface area contributed by atoms with Crippen LogP contribution in [0, 0.1) is 0 Å². The van der Waals surface area contributed by atoms with E-state index >= 15 is 0 Å². The lowest BCUT2D eigenvalue weighted by Gasteiger charge is -2.36. The monoisotopic (exact) mass is 476 g/mol. The fourth-order valence-electron chi connectivity index (χ4n) is 3.77. The molecule has 1 heterocycles. The van der Waals surface area contributed by atoms with Crippen LogP contribution in [0.25, 0.3) is 0 Å². The van der Waals surface area contributed by atoms with Gasteiger partial charge in [-0.05, 0) is 36.1 Å².